The molecular weight excluding hydrogens is 442 g/mol. The second kappa shape index (κ2) is 11.7. The molecule has 3 N–H and O–H groups in total. The Balaban J connectivity index is 0.00000544. The molecule has 0 aliphatic carbocycles. The highest BCUT2D eigenvalue weighted by Crippen LogP contribution is 2.24. The van der Waals surface area contributed by atoms with Crippen molar-refractivity contribution in [3.05, 3.63) is 47.0 Å². The Labute approximate surface area is 203 Å². The second-order valence-corrected chi connectivity index (χ2v) is 10.1. The quantitative estimate of drug-likeness (QED) is 0.522. The lowest BCUT2D eigenvalue weighted by Gasteiger charge is -2.38. The Kier molecular flexibility index (Phi) is 10.1. The minimum Gasteiger partial charge on any atom is -0.478 e. The lowest BCUT2D eigenvalue weighted by atomic mass is 9.84. The first kappa shape index (κ1) is 28.7. The van der Waals surface area contributed by atoms with Gasteiger partial charge in [-0.25, -0.2) is 4.79 Å². The standard InChI is InChI=1S/C25H37N3O4.ClH/c1-15(2)20(12-16(3)24(31)32)28(7)23(30)21(25(4,5)6)27-22(29)19-13-17-10-8-9-11-18(17)14-26-19;/h8-12,15,19-21,26H,13-14H2,1-7H3,(H,27,29)(H,31,32);1H/b16-12+;/t19?,20-,21-;/m1./s1. The molecule has 7 nitrogen and oxygen atoms in total. The Morgan fingerprint density at radius 2 is 1.76 bits per heavy atom. The van der Waals surface area contributed by atoms with Gasteiger partial charge in [0.25, 0.3) is 0 Å². The van der Waals surface area contributed by atoms with Crippen LogP contribution in [0.1, 0.15) is 52.7 Å². The van der Waals surface area contributed by atoms with Gasteiger partial charge in [0.15, 0.2) is 0 Å². The van der Waals surface area contributed by atoms with Crippen molar-refractivity contribution in [3.8, 4) is 0 Å². The fourth-order valence-corrected chi connectivity index (χ4v) is 3.96. The molecule has 1 aliphatic rings. The van der Waals surface area contributed by atoms with E-state index in [9.17, 15) is 19.5 Å². The molecule has 1 unspecified atom stereocenters. The number of hydrogen-bond donors (Lipinski definition) is 3. The normalized spacial score (nSPS) is 17.9. The average Bonchev–Trinajstić information content (AvgIpc) is 2.72. The van der Waals surface area contributed by atoms with Crippen LogP contribution >= 0.6 is 12.4 Å². The number of carboxylic acid groups (broad SMARTS) is 1. The molecule has 0 bridgehead atoms. The second-order valence-electron chi connectivity index (χ2n) is 10.1. The maximum Gasteiger partial charge on any atom is 0.331 e. The maximum absolute atomic E-state index is 13.5. The van der Waals surface area contributed by atoms with Crippen molar-refractivity contribution in [3.63, 3.8) is 0 Å². The summed E-state index contributed by atoms with van der Waals surface area (Å²) in [5.74, 6) is -1.46. The summed E-state index contributed by atoms with van der Waals surface area (Å²) in [5.41, 5.74) is 1.97. The third kappa shape index (κ3) is 7.30. The predicted molar refractivity (Wildman–Crippen MR) is 132 cm³/mol. The Bertz CT molecular complexity index is 892. The fraction of sp³-hybridized carbons (Fsp3) is 0.560. The SMILES string of the molecule is C/C(=C\[C@H](C(C)C)N(C)C(=O)[C@@H](NC(=O)C1Cc2ccccc2CN1)C(C)(C)C)C(=O)O.Cl. The predicted octanol–water partition coefficient (Wildman–Crippen LogP) is 3.17. The Morgan fingerprint density at radius 1 is 1.18 bits per heavy atom. The fourth-order valence-electron chi connectivity index (χ4n) is 3.96. The number of carbonyl (C=O) groups is 3. The Morgan fingerprint density at radius 3 is 2.27 bits per heavy atom. The van der Waals surface area contributed by atoms with Crippen molar-refractivity contribution in [2.45, 2.75) is 72.6 Å². The third-order valence-electron chi connectivity index (χ3n) is 6.03. The first-order valence-electron chi connectivity index (χ1n) is 11.1. The van der Waals surface area contributed by atoms with Crippen molar-refractivity contribution in [1.82, 2.24) is 15.5 Å². The number of halogens is 1. The molecule has 1 aromatic rings. The number of carbonyl (C=O) groups excluding carboxylic acids is 2. The number of benzene rings is 1. The third-order valence-corrected chi connectivity index (χ3v) is 6.03. The van der Waals surface area contributed by atoms with Crippen LogP contribution in [0.3, 0.4) is 0 Å². The number of nitrogens with one attached hydrogen (secondary N) is 2. The van der Waals surface area contributed by atoms with Crippen LogP contribution in [-0.4, -0.2) is 53.0 Å². The molecule has 0 saturated heterocycles. The zero-order valence-corrected chi connectivity index (χ0v) is 21.5. The number of aliphatic carboxylic acids is 1. The van der Waals surface area contributed by atoms with E-state index in [2.05, 4.69) is 10.6 Å². The van der Waals surface area contributed by atoms with Gasteiger partial charge in [-0.1, -0.05) is 65.0 Å². The molecule has 2 rings (SSSR count). The lowest BCUT2D eigenvalue weighted by molar-refractivity contribution is -0.140. The highest BCUT2D eigenvalue weighted by atomic mass is 35.5. The van der Waals surface area contributed by atoms with Crippen molar-refractivity contribution in [1.29, 1.82) is 0 Å². The van der Waals surface area contributed by atoms with Gasteiger partial charge in [-0.15, -0.1) is 12.4 Å². The van der Waals surface area contributed by atoms with Crippen molar-refractivity contribution >= 4 is 30.2 Å². The number of rotatable bonds is 7. The summed E-state index contributed by atoms with van der Waals surface area (Å²) in [6, 6.07) is 6.46. The summed E-state index contributed by atoms with van der Waals surface area (Å²) in [4.78, 5) is 39.5. The van der Waals surface area contributed by atoms with Crippen LogP contribution in [0.15, 0.2) is 35.9 Å². The van der Waals surface area contributed by atoms with Gasteiger partial charge in [-0.3, -0.25) is 9.59 Å². The van der Waals surface area contributed by atoms with Crippen LogP contribution in [0.5, 0.6) is 0 Å². The smallest absolute Gasteiger partial charge is 0.331 e. The number of carboxylic acids is 1. The number of amides is 2. The van der Waals surface area contributed by atoms with E-state index in [1.807, 2.05) is 58.9 Å². The monoisotopic (exact) mass is 479 g/mol. The number of nitrogens with zero attached hydrogens (tertiary/aromatic N) is 1. The van der Waals surface area contributed by atoms with Crippen LogP contribution in [0.25, 0.3) is 0 Å². The van der Waals surface area contributed by atoms with Crippen LogP contribution in [0.2, 0.25) is 0 Å². The number of hydrogen-bond acceptors (Lipinski definition) is 4. The maximum atomic E-state index is 13.5. The summed E-state index contributed by atoms with van der Waals surface area (Å²) in [6.07, 6.45) is 2.17. The number of likely N-dealkylation sites (N-methyl/N-ethyl adjacent to an activating group) is 1. The van der Waals surface area contributed by atoms with E-state index < -0.39 is 29.5 Å². The van der Waals surface area contributed by atoms with Gasteiger partial charge in [0.05, 0.1) is 12.1 Å². The lowest BCUT2D eigenvalue weighted by Crippen LogP contribution is -2.59. The average molecular weight is 480 g/mol. The molecule has 8 heteroatoms. The van der Waals surface area contributed by atoms with E-state index in [0.717, 1.165) is 5.56 Å². The Hall–Kier alpha value is -2.38. The molecule has 3 atom stereocenters. The van der Waals surface area contributed by atoms with E-state index in [1.165, 1.54) is 12.5 Å². The van der Waals surface area contributed by atoms with Gasteiger partial charge in [-0.2, -0.15) is 0 Å². The molecule has 0 aromatic heterocycles. The van der Waals surface area contributed by atoms with Crippen LogP contribution < -0.4 is 10.6 Å². The van der Waals surface area contributed by atoms with E-state index in [4.69, 9.17) is 0 Å². The molecule has 1 aliphatic heterocycles. The highest BCUT2D eigenvalue weighted by Gasteiger charge is 2.38. The molecule has 1 heterocycles. The molecule has 0 saturated carbocycles. The number of fused-ring (bicyclic) bond motifs is 1. The largest absolute Gasteiger partial charge is 0.478 e. The highest BCUT2D eigenvalue weighted by molar-refractivity contribution is 5.91. The summed E-state index contributed by atoms with van der Waals surface area (Å²) < 4.78 is 0. The van der Waals surface area contributed by atoms with Gasteiger partial charge >= 0.3 is 5.97 Å². The van der Waals surface area contributed by atoms with Gasteiger partial charge in [-0.05, 0) is 35.8 Å². The molecule has 0 radical (unpaired) electrons. The topological polar surface area (TPSA) is 98.7 Å². The van der Waals surface area contributed by atoms with E-state index >= 15 is 0 Å². The van der Waals surface area contributed by atoms with E-state index in [-0.39, 0.29) is 35.7 Å². The van der Waals surface area contributed by atoms with Gasteiger partial charge < -0.3 is 20.6 Å². The van der Waals surface area contributed by atoms with Crippen LogP contribution in [0, 0.1) is 11.3 Å². The zero-order valence-electron chi connectivity index (χ0n) is 20.6. The zero-order chi connectivity index (χ0) is 24.2. The molecule has 184 valence electrons. The molecule has 0 spiro atoms. The van der Waals surface area contributed by atoms with Gasteiger partial charge in [0.2, 0.25) is 11.8 Å². The first-order valence-corrected chi connectivity index (χ1v) is 11.1. The van der Waals surface area contributed by atoms with Crippen molar-refractivity contribution in [2.75, 3.05) is 7.05 Å². The molecular formula is C25H38ClN3O4. The van der Waals surface area contributed by atoms with Crippen molar-refractivity contribution in [2.24, 2.45) is 11.3 Å². The summed E-state index contributed by atoms with van der Waals surface area (Å²) >= 11 is 0. The van der Waals surface area contributed by atoms with E-state index in [0.29, 0.717) is 13.0 Å². The van der Waals surface area contributed by atoms with Gasteiger partial charge in [0, 0.05) is 19.2 Å². The van der Waals surface area contributed by atoms with Crippen LogP contribution in [0.4, 0.5) is 0 Å². The molecule has 0 fully saturated rings. The van der Waals surface area contributed by atoms with Crippen molar-refractivity contribution < 1.29 is 19.5 Å². The minimum atomic E-state index is -1.01. The summed E-state index contributed by atoms with van der Waals surface area (Å²) in [5, 5.41) is 15.5. The van der Waals surface area contributed by atoms with Gasteiger partial charge in [0.1, 0.15) is 6.04 Å². The van der Waals surface area contributed by atoms with E-state index in [1.54, 1.807) is 18.0 Å². The molecule has 1 aromatic carbocycles. The molecule has 2 amide bonds. The summed E-state index contributed by atoms with van der Waals surface area (Å²) in [7, 11) is 1.67. The molecule has 33 heavy (non-hydrogen) atoms. The summed E-state index contributed by atoms with van der Waals surface area (Å²) in [6.45, 7) is 11.7. The first-order chi connectivity index (χ1) is 14.8. The van der Waals surface area contributed by atoms with Crippen LogP contribution in [-0.2, 0) is 27.3 Å². The minimum absolute atomic E-state index is 0.